The number of fused-ring (bicyclic) bond motifs is 1. The van der Waals surface area contributed by atoms with Gasteiger partial charge in [0.15, 0.2) is 11.5 Å². The van der Waals surface area contributed by atoms with Crippen molar-refractivity contribution < 1.29 is 19.4 Å². The molecule has 0 fully saturated rings. The molecule has 1 aromatic carbocycles. The summed E-state index contributed by atoms with van der Waals surface area (Å²) < 4.78 is 10.5. The molecular formula is C15H17N3O4. The highest BCUT2D eigenvalue weighted by atomic mass is 16.7. The largest absolute Gasteiger partial charge is 0.454 e. The van der Waals surface area contributed by atoms with Crippen molar-refractivity contribution in [1.29, 1.82) is 5.26 Å². The van der Waals surface area contributed by atoms with E-state index in [-0.39, 0.29) is 25.5 Å². The average Bonchev–Trinajstić information content (AvgIpc) is 2.96. The van der Waals surface area contributed by atoms with E-state index in [1.165, 1.54) is 6.20 Å². The molecule has 22 heavy (non-hydrogen) atoms. The highest BCUT2D eigenvalue weighted by Crippen LogP contribution is 2.32. The molecule has 1 aromatic rings. The van der Waals surface area contributed by atoms with Crippen LogP contribution in [0.1, 0.15) is 12.5 Å². The van der Waals surface area contributed by atoms with Gasteiger partial charge < -0.3 is 25.2 Å². The number of benzene rings is 1. The minimum Gasteiger partial charge on any atom is -0.454 e. The van der Waals surface area contributed by atoms with Crippen LogP contribution < -0.4 is 20.1 Å². The maximum absolute atomic E-state index is 11.9. The first-order valence-electron chi connectivity index (χ1n) is 6.78. The van der Waals surface area contributed by atoms with E-state index in [4.69, 9.17) is 19.8 Å². The van der Waals surface area contributed by atoms with Gasteiger partial charge in [0.2, 0.25) is 6.79 Å². The first kappa shape index (κ1) is 15.7. The molecular weight excluding hydrogens is 286 g/mol. The van der Waals surface area contributed by atoms with Crippen LogP contribution in [-0.2, 0) is 11.3 Å². The highest BCUT2D eigenvalue weighted by molar-refractivity contribution is 5.97. The molecule has 0 radical (unpaired) electrons. The van der Waals surface area contributed by atoms with Gasteiger partial charge in [0.25, 0.3) is 5.91 Å². The molecule has 1 atom stereocenters. The smallest absolute Gasteiger partial charge is 0.263 e. The normalized spacial score (nSPS) is 14.1. The molecule has 1 aliphatic heterocycles. The Balaban J connectivity index is 1.90. The standard InChI is InChI=1S/C15H17N3O4/c1-10(19)6-17-8-12(5-16)15(20)18-7-11-2-3-13-14(4-11)22-9-21-13/h2-4,8,10,17,19H,6-7,9H2,1H3,(H,18,20)/b12-8-. The lowest BCUT2D eigenvalue weighted by Crippen LogP contribution is -2.26. The van der Waals surface area contributed by atoms with Crippen molar-refractivity contribution in [2.75, 3.05) is 13.3 Å². The van der Waals surface area contributed by atoms with Crippen molar-refractivity contribution in [2.24, 2.45) is 0 Å². The fourth-order valence-electron chi connectivity index (χ4n) is 1.81. The van der Waals surface area contributed by atoms with Crippen LogP contribution >= 0.6 is 0 Å². The second kappa shape index (κ2) is 7.33. The first-order valence-corrected chi connectivity index (χ1v) is 6.78. The summed E-state index contributed by atoms with van der Waals surface area (Å²) >= 11 is 0. The number of nitrogens with zero attached hydrogens (tertiary/aromatic N) is 1. The van der Waals surface area contributed by atoms with Crippen LogP contribution in [0.5, 0.6) is 11.5 Å². The Bertz CT molecular complexity index is 620. The van der Waals surface area contributed by atoms with Crippen LogP contribution in [0, 0.1) is 11.3 Å². The van der Waals surface area contributed by atoms with E-state index in [1.54, 1.807) is 19.1 Å². The minimum atomic E-state index is -0.562. The second-order valence-electron chi connectivity index (χ2n) is 4.80. The van der Waals surface area contributed by atoms with Gasteiger partial charge in [-0.25, -0.2) is 0 Å². The van der Waals surface area contributed by atoms with Crippen molar-refractivity contribution in [3.05, 3.63) is 35.5 Å². The molecule has 1 aliphatic rings. The number of carbonyl (C=O) groups excluding carboxylic acids is 1. The SMILES string of the molecule is CC(O)CN/C=C(/C#N)C(=O)NCc1ccc2c(c1)OCO2. The summed E-state index contributed by atoms with van der Waals surface area (Å²) in [7, 11) is 0. The summed E-state index contributed by atoms with van der Waals surface area (Å²) in [6.45, 7) is 2.33. The van der Waals surface area contributed by atoms with Crippen LogP contribution in [0.3, 0.4) is 0 Å². The maximum atomic E-state index is 11.9. The van der Waals surface area contributed by atoms with Gasteiger partial charge in [-0.15, -0.1) is 0 Å². The summed E-state index contributed by atoms with van der Waals surface area (Å²) in [6.07, 6.45) is 0.731. The molecule has 0 spiro atoms. The van der Waals surface area contributed by atoms with Crippen molar-refractivity contribution in [2.45, 2.75) is 19.6 Å². The molecule has 0 bridgehead atoms. The average molecular weight is 303 g/mol. The van der Waals surface area contributed by atoms with Crippen LogP contribution in [0.15, 0.2) is 30.0 Å². The van der Waals surface area contributed by atoms with Gasteiger partial charge in [0.05, 0.1) is 6.10 Å². The van der Waals surface area contributed by atoms with E-state index in [2.05, 4.69) is 10.6 Å². The summed E-state index contributed by atoms with van der Waals surface area (Å²) in [4.78, 5) is 11.9. The van der Waals surface area contributed by atoms with Gasteiger partial charge in [-0.05, 0) is 24.6 Å². The Kier molecular flexibility index (Phi) is 5.22. The van der Waals surface area contributed by atoms with Crippen LogP contribution in [0.2, 0.25) is 0 Å². The maximum Gasteiger partial charge on any atom is 0.263 e. The van der Waals surface area contributed by atoms with Gasteiger partial charge in [-0.3, -0.25) is 4.79 Å². The van der Waals surface area contributed by atoms with Gasteiger partial charge >= 0.3 is 0 Å². The summed E-state index contributed by atoms with van der Waals surface area (Å²) in [5.41, 5.74) is 0.785. The molecule has 0 aromatic heterocycles. The Morgan fingerprint density at radius 2 is 2.27 bits per heavy atom. The van der Waals surface area contributed by atoms with Crippen LogP contribution in [0.4, 0.5) is 0 Å². The van der Waals surface area contributed by atoms with Crippen molar-refractivity contribution in [1.82, 2.24) is 10.6 Å². The Morgan fingerprint density at radius 3 is 3.00 bits per heavy atom. The number of carbonyl (C=O) groups is 1. The van der Waals surface area contributed by atoms with Crippen LogP contribution in [0.25, 0.3) is 0 Å². The molecule has 3 N–H and O–H groups in total. The predicted octanol–water partition coefficient (Wildman–Crippen LogP) is 0.409. The molecule has 2 rings (SSSR count). The van der Waals surface area contributed by atoms with Gasteiger partial charge in [0, 0.05) is 19.3 Å². The molecule has 0 saturated carbocycles. The van der Waals surface area contributed by atoms with Crippen molar-refractivity contribution in [3.8, 4) is 17.6 Å². The number of nitrogens with one attached hydrogen (secondary N) is 2. The predicted molar refractivity (Wildman–Crippen MR) is 77.8 cm³/mol. The van der Waals surface area contributed by atoms with Gasteiger partial charge in [-0.2, -0.15) is 5.26 Å². The number of hydrogen-bond donors (Lipinski definition) is 3. The molecule has 1 unspecified atom stereocenters. The summed E-state index contributed by atoms with van der Waals surface area (Å²) in [6, 6.07) is 7.18. The third-order valence-electron chi connectivity index (χ3n) is 2.91. The second-order valence-corrected chi connectivity index (χ2v) is 4.80. The van der Waals surface area contributed by atoms with E-state index in [0.29, 0.717) is 11.5 Å². The fraction of sp³-hybridized carbons (Fsp3) is 0.333. The Hall–Kier alpha value is -2.72. The van der Waals surface area contributed by atoms with E-state index in [0.717, 1.165) is 5.56 Å². The molecule has 1 amide bonds. The monoisotopic (exact) mass is 303 g/mol. The number of rotatable bonds is 6. The highest BCUT2D eigenvalue weighted by Gasteiger charge is 2.14. The zero-order valence-electron chi connectivity index (χ0n) is 12.1. The van der Waals surface area contributed by atoms with E-state index in [1.807, 2.05) is 12.1 Å². The number of nitriles is 1. The van der Waals surface area contributed by atoms with Gasteiger partial charge in [0.1, 0.15) is 11.6 Å². The zero-order valence-corrected chi connectivity index (χ0v) is 12.1. The molecule has 116 valence electrons. The fourth-order valence-corrected chi connectivity index (χ4v) is 1.81. The quantitative estimate of drug-likeness (QED) is 0.519. The number of aliphatic hydroxyl groups is 1. The van der Waals surface area contributed by atoms with Gasteiger partial charge in [-0.1, -0.05) is 6.07 Å². The lowest BCUT2D eigenvalue weighted by molar-refractivity contribution is -0.117. The van der Waals surface area contributed by atoms with E-state index in [9.17, 15) is 4.79 Å². The molecule has 0 saturated heterocycles. The van der Waals surface area contributed by atoms with E-state index < -0.39 is 12.0 Å². The van der Waals surface area contributed by atoms with Crippen LogP contribution in [-0.4, -0.2) is 30.5 Å². The lowest BCUT2D eigenvalue weighted by Gasteiger charge is -2.07. The topological polar surface area (TPSA) is 104 Å². The Morgan fingerprint density at radius 1 is 1.50 bits per heavy atom. The number of aliphatic hydroxyl groups excluding tert-OH is 1. The lowest BCUT2D eigenvalue weighted by atomic mass is 10.2. The molecule has 7 nitrogen and oxygen atoms in total. The molecule has 1 heterocycles. The van der Waals surface area contributed by atoms with Crippen molar-refractivity contribution >= 4 is 5.91 Å². The number of hydrogen-bond acceptors (Lipinski definition) is 6. The summed E-state index contributed by atoms with van der Waals surface area (Å²) in [5.74, 6) is 0.828. The summed E-state index contributed by atoms with van der Waals surface area (Å²) in [5, 5.41) is 23.4. The number of amides is 1. The Labute approximate surface area is 128 Å². The third-order valence-corrected chi connectivity index (χ3v) is 2.91. The third kappa shape index (κ3) is 4.14. The minimum absolute atomic E-state index is 0.0543. The molecule has 0 aliphatic carbocycles. The number of ether oxygens (including phenoxy) is 2. The van der Waals surface area contributed by atoms with E-state index >= 15 is 0 Å². The molecule has 7 heteroatoms. The van der Waals surface area contributed by atoms with Crippen molar-refractivity contribution in [3.63, 3.8) is 0 Å². The zero-order chi connectivity index (χ0) is 15.9. The first-order chi connectivity index (χ1) is 10.6.